The highest BCUT2D eigenvalue weighted by Crippen LogP contribution is 2.50. The summed E-state index contributed by atoms with van der Waals surface area (Å²) in [7, 11) is 1.55. The molecular formula is C25H31N3O4S. The molecule has 1 aliphatic heterocycles. The molecule has 0 saturated carbocycles. The van der Waals surface area contributed by atoms with Crippen LogP contribution < -0.4 is 4.74 Å². The molecule has 2 heterocycles. The van der Waals surface area contributed by atoms with E-state index >= 15 is 0 Å². The monoisotopic (exact) mass is 469 g/mol. The first-order valence-electron chi connectivity index (χ1n) is 11.0. The molecular weight excluding hydrogens is 438 g/mol. The van der Waals surface area contributed by atoms with E-state index in [2.05, 4.69) is 31.8 Å². The molecule has 1 aliphatic rings. The minimum Gasteiger partial charge on any atom is -0.496 e. The Hall–Kier alpha value is -2.92. The first-order chi connectivity index (χ1) is 15.5. The van der Waals surface area contributed by atoms with Crippen molar-refractivity contribution in [2.75, 3.05) is 7.11 Å². The maximum atomic E-state index is 14.0. The van der Waals surface area contributed by atoms with Crippen LogP contribution in [0.25, 0.3) is 0 Å². The number of carbonyl (C=O) groups is 2. The molecule has 0 unspecified atom stereocenters. The molecule has 1 N–H and O–H groups in total. The highest BCUT2D eigenvalue weighted by molar-refractivity contribution is 7.09. The number of nitrogens with zero attached hydrogens (tertiary/aromatic N) is 3. The normalized spacial score (nSPS) is 22.9. The number of nitriles is 1. The van der Waals surface area contributed by atoms with Crippen LogP contribution in [0.2, 0.25) is 0 Å². The minimum atomic E-state index is -1.50. The number of ether oxygens (including phenoxy) is 1. The van der Waals surface area contributed by atoms with Crippen LogP contribution in [-0.2, 0) is 10.2 Å². The number of aromatic nitrogens is 1. The van der Waals surface area contributed by atoms with Gasteiger partial charge in [-0.3, -0.25) is 4.79 Å². The molecule has 33 heavy (non-hydrogen) atoms. The standard InChI is InChI=1S/C25H31N3O4S/c1-15(2)12-25(23(30)31)13-17(14-26)20(21-27-9-10-33-21)28(25)22(29)16-7-8-18(24(3,4)5)19(11-16)32-6/h7-11,15,17,20H,12-13H2,1-6H3,(H,30,31)/t17-,20+,25-/m0/s1. The number of hydrogen-bond acceptors (Lipinski definition) is 6. The summed E-state index contributed by atoms with van der Waals surface area (Å²) in [4.78, 5) is 32.5. The second kappa shape index (κ2) is 9.14. The molecule has 0 aliphatic carbocycles. The Morgan fingerprint density at radius 1 is 1.39 bits per heavy atom. The number of likely N-dealkylation sites (tertiary alicyclic amines) is 1. The lowest BCUT2D eigenvalue weighted by Crippen LogP contribution is -2.54. The molecule has 2 aromatic rings. The van der Waals surface area contributed by atoms with Crippen LogP contribution in [0, 0.1) is 23.2 Å². The van der Waals surface area contributed by atoms with Gasteiger partial charge in [0.1, 0.15) is 22.3 Å². The predicted octanol–water partition coefficient (Wildman–Crippen LogP) is 5.05. The van der Waals surface area contributed by atoms with E-state index in [-0.39, 0.29) is 24.2 Å². The average Bonchev–Trinajstić information content (AvgIpc) is 3.37. The number of amides is 1. The summed E-state index contributed by atoms with van der Waals surface area (Å²) < 4.78 is 5.58. The van der Waals surface area contributed by atoms with Gasteiger partial charge in [0.15, 0.2) is 0 Å². The van der Waals surface area contributed by atoms with Crippen LogP contribution in [0.1, 0.15) is 74.4 Å². The lowest BCUT2D eigenvalue weighted by molar-refractivity contribution is -0.150. The first kappa shape index (κ1) is 24.7. The fraction of sp³-hybridized carbons (Fsp3) is 0.520. The number of benzene rings is 1. The van der Waals surface area contributed by atoms with Gasteiger partial charge in [-0.05, 0) is 41.9 Å². The summed E-state index contributed by atoms with van der Waals surface area (Å²) in [6.45, 7) is 10.0. The van der Waals surface area contributed by atoms with Crippen molar-refractivity contribution in [2.24, 2.45) is 11.8 Å². The van der Waals surface area contributed by atoms with Crippen molar-refractivity contribution in [3.05, 3.63) is 45.9 Å². The minimum absolute atomic E-state index is 0.00332. The Kier molecular flexibility index (Phi) is 6.85. The van der Waals surface area contributed by atoms with Gasteiger partial charge in [-0.1, -0.05) is 40.7 Å². The molecule has 0 bridgehead atoms. The third-order valence-corrected chi connectivity index (χ3v) is 7.01. The zero-order chi connectivity index (χ0) is 24.6. The number of carbonyl (C=O) groups excluding carboxylic acids is 1. The maximum Gasteiger partial charge on any atom is 0.329 e. The zero-order valence-electron chi connectivity index (χ0n) is 20.0. The van der Waals surface area contributed by atoms with E-state index in [0.717, 1.165) is 5.56 Å². The Balaban J connectivity index is 2.20. The Bertz CT molecular complexity index is 1070. The average molecular weight is 470 g/mol. The molecule has 0 spiro atoms. The van der Waals surface area contributed by atoms with E-state index in [1.807, 2.05) is 19.9 Å². The van der Waals surface area contributed by atoms with Gasteiger partial charge in [0.05, 0.1) is 19.1 Å². The van der Waals surface area contributed by atoms with E-state index < -0.39 is 29.4 Å². The molecule has 3 rings (SSSR count). The second-order valence-electron chi connectivity index (χ2n) is 10.0. The second-order valence-corrected chi connectivity index (χ2v) is 11.0. The molecule has 0 radical (unpaired) electrons. The van der Waals surface area contributed by atoms with Gasteiger partial charge in [0.25, 0.3) is 5.91 Å². The fourth-order valence-corrected chi connectivity index (χ4v) is 5.63. The van der Waals surface area contributed by atoms with E-state index in [1.54, 1.807) is 30.8 Å². The van der Waals surface area contributed by atoms with Crippen LogP contribution in [-0.4, -0.2) is 39.5 Å². The van der Waals surface area contributed by atoms with Crippen molar-refractivity contribution in [1.29, 1.82) is 5.26 Å². The van der Waals surface area contributed by atoms with Crippen molar-refractivity contribution in [3.63, 3.8) is 0 Å². The van der Waals surface area contributed by atoms with E-state index in [0.29, 0.717) is 16.3 Å². The molecule has 1 aromatic carbocycles. The molecule has 7 nitrogen and oxygen atoms in total. The summed E-state index contributed by atoms with van der Waals surface area (Å²) in [6, 6.07) is 6.77. The van der Waals surface area contributed by atoms with Crippen molar-refractivity contribution >= 4 is 23.2 Å². The van der Waals surface area contributed by atoms with Gasteiger partial charge in [-0.25, -0.2) is 9.78 Å². The van der Waals surface area contributed by atoms with Crippen molar-refractivity contribution in [3.8, 4) is 11.8 Å². The van der Waals surface area contributed by atoms with Gasteiger partial charge in [-0.15, -0.1) is 11.3 Å². The Labute approximate surface area is 199 Å². The number of aliphatic carboxylic acids is 1. The summed E-state index contributed by atoms with van der Waals surface area (Å²) in [6.07, 6.45) is 1.91. The van der Waals surface area contributed by atoms with E-state index in [9.17, 15) is 20.0 Å². The van der Waals surface area contributed by atoms with Gasteiger partial charge >= 0.3 is 5.97 Å². The van der Waals surface area contributed by atoms with E-state index in [1.165, 1.54) is 16.2 Å². The molecule has 1 aromatic heterocycles. The SMILES string of the molecule is COc1cc(C(=O)N2[C@@H](c3nccs3)[C@H](C#N)C[C@@]2(CC(C)C)C(=O)O)ccc1C(C)(C)C. The summed E-state index contributed by atoms with van der Waals surface area (Å²) in [5.74, 6) is -1.63. The summed E-state index contributed by atoms with van der Waals surface area (Å²) >= 11 is 1.33. The first-order valence-corrected chi connectivity index (χ1v) is 11.9. The third-order valence-electron chi connectivity index (χ3n) is 6.17. The predicted molar refractivity (Wildman–Crippen MR) is 126 cm³/mol. The van der Waals surface area contributed by atoms with Crippen molar-refractivity contribution in [1.82, 2.24) is 9.88 Å². The molecule has 1 saturated heterocycles. The highest BCUT2D eigenvalue weighted by Gasteiger charge is 2.60. The summed E-state index contributed by atoms with van der Waals surface area (Å²) in [5.41, 5.74) is -0.425. The lowest BCUT2D eigenvalue weighted by Gasteiger charge is -2.38. The summed E-state index contributed by atoms with van der Waals surface area (Å²) in [5, 5.41) is 22.7. The number of rotatable bonds is 6. The smallest absolute Gasteiger partial charge is 0.329 e. The third kappa shape index (κ3) is 4.47. The molecule has 176 valence electrons. The molecule has 1 fully saturated rings. The molecule has 3 atom stereocenters. The Morgan fingerprint density at radius 3 is 2.58 bits per heavy atom. The van der Waals surface area contributed by atoms with Crippen molar-refractivity contribution in [2.45, 2.75) is 64.5 Å². The van der Waals surface area contributed by atoms with Gasteiger partial charge in [0.2, 0.25) is 0 Å². The number of hydrogen-bond donors (Lipinski definition) is 1. The topological polar surface area (TPSA) is 104 Å². The number of carboxylic acids is 1. The quantitative estimate of drug-likeness (QED) is 0.635. The van der Waals surface area contributed by atoms with E-state index in [4.69, 9.17) is 4.74 Å². The van der Waals surface area contributed by atoms with Crippen LogP contribution in [0.3, 0.4) is 0 Å². The van der Waals surface area contributed by atoms with Gasteiger partial charge in [-0.2, -0.15) is 5.26 Å². The van der Waals surface area contributed by atoms with Crippen LogP contribution in [0.4, 0.5) is 0 Å². The van der Waals surface area contributed by atoms with Crippen molar-refractivity contribution < 1.29 is 19.4 Å². The van der Waals surface area contributed by atoms with Gasteiger partial charge in [0, 0.05) is 17.1 Å². The fourth-order valence-electron chi connectivity index (χ4n) is 4.84. The zero-order valence-corrected chi connectivity index (χ0v) is 20.8. The lowest BCUT2D eigenvalue weighted by atomic mass is 9.83. The largest absolute Gasteiger partial charge is 0.496 e. The number of methoxy groups -OCH3 is 1. The Morgan fingerprint density at radius 2 is 2.09 bits per heavy atom. The van der Waals surface area contributed by atoms with Crippen LogP contribution in [0.15, 0.2) is 29.8 Å². The highest BCUT2D eigenvalue weighted by atomic mass is 32.1. The van der Waals surface area contributed by atoms with Gasteiger partial charge < -0.3 is 14.7 Å². The maximum absolute atomic E-state index is 14.0. The number of carboxylic acid groups (broad SMARTS) is 1. The molecule has 1 amide bonds. The van der Waals surface area contributed by atoms with Crippen LogP contribution >= 0.6 is 11.3 Å². The van der Waals surface area contributed by atoms with Crippen LogP contribution in [0.5, 0.6) is 5.75 Å². The molecule has 8 heteroatoms. The number of thiazole rings is 1.